The summed E-state index contributed by atoms with van der Waals surface area (Å²) in [6, 6.07) is -1.32. The van der Waals surface area contributed by atoms with Crippen molar-refractivity contribution in [1.29, 1.82) is 0 Å². The van der Waals surface area contributed by atoms with Gasteiger partial charge in [0.2, 0.25) is 8.87 Å². The molecule has 0 aromatic heterocycles. The van der Waals surface area contributed by atoms with Gasteiger partial charge in [0.1, 0.15) is 6.04 Å². The van der Waals surface area contributed by atoms with Crippen molar-refractivity contribution in [3.63, 3.8) is 0 Å². The second-order valence-electron chi connectivity index (χ2n) is 2.33. The molecule has 0 aromatic rings. The Morgan fingerprint density at radius 2 is 1.86 bits per heavy atom. The first-order valence-corrected chi connectivity index (χ1v) is 6.47. The van der Waals surface area contributed by atoms with Crippen molar-refractivity contribution in [3.8, 4) is 0 Å². The van der Waals surface area contributed by atoms with E-state index in [1.807, 2.05) is 0 Å². The van der Waals surface area contributed by atoms with Gasteiger partial charge in [-0.15, -0.1) is 0 Å². The molecule has 0 saturated heterocycles. The standard InChI is InChI=1S/C5H9NO6S2/c6-3(5(9)10)1-13-14(11,12)2-4(7)8/h3H,1-2,6H2,(H,7,8)(H,9,10). The number of nitrogens with two attached hydrogens (primary N) is 1. The summed E-state index contributed by atoms with van der Waals surface area (Å²) >= 11 is 0. The molecule has 0 heterocycles. The van der Waals surface area contributed by atoms with Gasteiger partial charge in [0.05, 0.1) is 0 Å². The number of hydrogen-bond acceptors (Lipinski definition) is 6. The van der Waals surface area contributed by atoms with Gasteiger partial charge in [0.15, 0.2) is 5.75 Å². The molecular formula is C5H9NO6S2. The third-order valence-electron chi connectivity index (χ3n) is 1.04. The van der Waals surface area contributed by atoms with Crippen LogP contribution in [0.15, 0.2) is 0 Å². The third kappa shape index (κ3) is 5.78. The topological polar surface area (TPSA) is 135 Å². The van der Waals surface area contributed by atoms with Gasteiger partial charge in [0, 0.05) is 5.75 Å². The predicted octanol–water partition coefficient (Wildman–Crippen LogP) is -1.45. The highest BCUT2D eigenvalue weighted by Crippen LogP contribution is 2.13. The summed E-state index contributed by atoms with van der Waals surface area (Å²) in [5.41, 5.74) is 5.02. The van der Waals surface area contributed by atoms with E-state index in [1.54, 1.807) is 0 Å². The summed E-state index contributed by atoms with van der Waals surface area (Å²) in [7, 11) is -3.61. The number of aliphatic carboxylic acids is 2. The van der Waals surface area contributed by atoms with Crippen LogP contribution in [0.4, 0.5) is 0 Å². The SMILES string of the molecule is NC(CSS(=O)(=O)CC(=O)O)C(=O)O. The summed E-state index contributed by atoms with van der Waals surface area (Å²) in [4.78, 5) is 20.2. The highest BCUT2D eigenvalue weighted by Gasteiger charge is 2.20. The van der Waals surface area contributed by atoms with E-state index in [0.717, 1.165) is 0 Å². The highest BCUT2D eigenvalue weighted by atomic mass is 33.1. The molecule has 1 atom stereocenters. The van der Waals surface area contributed by atoms with Crippen LogP contribution in [0, 0.1) is 0 Å². The van der Waals surface area contributed by atoms with Crippen molar-refractivity contribution in [2.45, 2.75) is 6.04 Å². The van der Waals surface area contributed by atoms with E-state index in [1.165, 1.54) is 0 Å². The minimum Gasteiger partial charge on any atom is -0.480 e. The second-order valence-corrected chi connectivity index (χ2v) is 6.53. The molecule has 82 valence electrons. The Morgan fingerprint density at radius 1 is 1.36 bits per heavy atom. The average molecular weight is 243 g/mol. The molecule has 0 amide bonds. The van der Waals surface area contributed by atoms with Crippen molar-refractivity contribution in [2.75, 3.05) is 11.5 Å². The normalized spacial score (nSPS) is 13.5. The van der Waals surface area contributed by atoms with E-state index >= 15 is 0 Å². The van der Waals surface area contributed by atoms with E-state index in [4.69, 9.17) is 15.9 Å². The van der Waals surface area contributed by atoms with Gasteiger partial charge in [-0.1, -0.05) is 0 Å². The largest absolute Gasteiger partial charge is 0.480 e. The summed E-state index contributed by atoms with van der Waals surface area (Å²) in [5, 5.41) is 16.5. The molecule has 9 heteroatoms. The molecule has 4 N–H and O–H groups in total. The zero-order chi connectivity index (χ0) is 11.4. The van der Waals surface area contributed by atoms with E-state index in [0.29, 0.717) is 0 Å². The van der Waals surface area contributed by atoms with Crippen LogP contribution in [0.5, 0.6) is 0 Å². The number of carboxylic acids is 2. The van der Waals surface area contributed by atoms with Crippen molar-refractivity contribution in [1.82, 2.24) is 0 Å². The van der Waals surface area contributed by atoms with Gasteiger partial charge >= 0.3 is 11.9 Å². The Hall–Kier alpha value is -0.800. The van der Waals surface area contributed by atoms with E-state index in [-0.39, 0.29) is 16.5 Å². The summed E-state index contributed by atoms with van der Waals surface area (Å²) < 4.78 is 21.8. The molecule has 14 heavy (non-hydrogen) atoms. The van der Waals surface area contributed by atoms with Gasteiger partial charge in [-0.25, -0.2) is 8.42 Å². The second kappa shape index (κ2) is 5.17. The van der Waals surface area contributed by atoms with E-state index in [9.17, 15) is 18.0 Å². The fourth-order valence-electron chi connectivity index (χ4n) is 0.441. The van der Waals surface area contributed by atoms with Crippen LogP contribution in [0.2, 0.25) is 0 Å². The molecule has 0 saturated carbocycles. The summed E-state index contributed by atoms with van der Waals surface area (Å²) in [6.07, 6.45) is 0. The molecular weight excluding hydrogens is 234 g/mol. The van der Waals surface area contributed by atoms with Crippen LogP contribution in [0.25, 0.3) is 0 Å². The van der Waals surface area contributed by atoms with Crippen LogP contribution in [0.1, 0.15) is 0 Å². The lowest BCUT2D eigenvalue weighted by molar-refractivity contribution is -0.138. The van der Waals surface area contributed by atoms with Crippen LogP contribution in [-0.2, 0) is 18.5 Å². The van der Waals surface area contributed by atoms with Gasteiger partial charge < -0.3 is 15.9 Å². The van der Waals surface area contributed by atoms with Crippen LogP contribution in [-0.4, -0.2) is 48.1 Å². The first-order valence-electron chi connectivity index (χ1n) is 3.32. The predicted molar refractivity (Wildman–Crippen MR) is 49.5 cm³/mol. The molecule has 7 nitrogen and oxygen atoms in total. The Labute approximate surface area is 83.6 Å². The quantitative estimate of drug-likeness (QED) is 0.482. The molecule has 0 radical (unpaired) electrons. The molecule has 0 aliphatic rings. The monoisotopic (exact) mass is 243 g/mol. The lowest BCUT2D eigenvalue weighted by atomic mass is 10.4. The molecule has 0 rings (SSSR count). The third-order valence-corrected chi connectivity index (χ3v) is 4.34. The average Bonchev–Trinajstić information content (AvgIpc) is 1.97. The van der Waals surface area contributed by atoms with Crippen LogP contribution in [0.3, 0.4) is 0 Å². The smallest absolute Gasteiger partial charge is 0.321 e. The number of hydrogen-bond donors (Lipinski definition) is 3. The molecule has 0 aliphatic carbocycles. The Bertz CT molecular complexity index is 323. The Kier molecular flexibility index (Phi) is 4.88. The highest BCUT2D eigenvalue weighted by molar-refractivity contribution is 8.72. The Balaban J connectivity index is 4.13. The maximum absolute atomic E-state index is 10.9. The number of rotatable bonds is 6. The van der Waals surface area contributed by atoms with E-state index in [2.05, 4.69) is 0 Å². The van der Waals surface area contributed by atoms with Gasteiger partial charge in [-0.05, 0) is 10.8 Å². The first kappa shape index (κ1) is 13.2. The number of carboxylic acid groups (broad SMARTS) is 2. The van der Waals surface area contributed by atoms with E-state index < -0.39 is 32.6 Å². The van der Waals surface area contributed by atoms with Crippen molar-refractivity contribution in [2.24, 2.45) is 5.73 Å². The van der Waals surface area contributed by atoms with Gasteiger partial charge in [0.25, 0.3) is 0 Å². The molecule has 0 fully saturated rings. The maximum atomic E-state index is 10.9. The van der Waals surface area contributed by atoms with Crippen LogP contribution < -0.4 is 5.73 Å². The fourth-order valence-corrected chi connectivity index (χ4v) is 2.94. The zero-order valence-corrected chi connectivity index (χ0v) is 8.55. The molecule has 0 aromatic carbocycles. The first-order chi connectivity index (χ1) is 6.24. The molecule has 0 aliphatic heterocycles. The van der Waals surface area contributed by atoms with Crippen molar-refractivity contribution >= 4 is 31.6 Å². The Morgan fingerprint density at radius 3 is 2.21 bits per heavy atom. The van der Waals surface area contributed by atoms with Crippen LogP contribution >= 0.6 is 10.8 Å². The van der Waals surface area contributed by atoms with Crippen molar-refractivity contribution < 1.29 is 28.2 Å². The summed E-state index contributed by atoms with van der Waals surface area (Å²) in [5.74, 6) is -4.22. The molecule has 0 bridgehead atoms. The lowest BCUT2D eigenvalue weighted by Crippen LogP contribution is -2.33. The molecule has 0 spiro atoms. The minimum atomic E-state index is -3.84. The summed E-state index contributed by atoms with van der Waals surface area (Å²) in [6.45, 7) is 0. The minimum absolute atomic E-state index is 0.229. The maximum Gasteiger partial charge on any atom is 0.321 e. The number of carbonyl (C=O) groups is 2. The zero-order valence-electron chi connectivity index (χ0n) is 6.91. The van der Waals surface area contributed by atoms with Gasteiger partial charge in [-0.2, -0.15) is 0 Å². The van der Waals surface area contributed by atoms with Gasteiger partial charge in [-0.3, -0.25) is 9.59 Å². The molecule has 1 unspecified atom stereocenters. The van der Waals surface area contributed by atoms with Crippen molar-refractivity contribution in [3.05, 3.63) is 0 Å². The fraction of sp³-hybridized carbons (Fsp3) is 0.600. The lowest BCUT2D eigenvalue weighted by Gasteiger charge is -2.04.